The number of thioether (sulfide) groups is 1. The van der Waals surface area contributed by atoms with E-state index in [1.54, 1.807) is 11.8 Å². The molecule has 1 fully saturated rings. The number of hydrogen-bond donors (Lipinski definition) is 0. The molecule has 1 saturated heterocycles. The molecule has 3 rings (SSSR count). The van der Waals surface area contributed by atoms with E-state index in [1.807, 2.05) is 18.2 Å². The van der Waals surface area contributed by atoms with Crippen LogP contribution in [0, 0.1) is 11.8 Å². The number of carbonyl (C=O) groups is 1. The van der Waals surface area contributed by atoms with Gasteiger partial charge in [-0.15, -0.1) is 11.8 Å². The summed E-state index contributed by atoms with van der Waals surface area (Å²) < 4.78 is -0.436. The molecule has 0 saturated carbocycles. The third kappa shape index (κ3) is 4.58. The van der Waals surface area contributed by atoms with Gasteiger partial charge in [0.1, 0.15) is 0 Å². The van der Waals surface area contributed by atoms with Crippen molar-refractivity contribution in [2.24, 2.45) is 11.8 Å². The lowest BCUT2D eigenvalue weighted by atomic mass is 9.85. The molecule has 1 aromatic rings. The Kier molecular flexibility index (Phi) is 5.73. The lowest BCUT2D eigenvalue weighted by Gasteiger charge is -2.38. The Morgan fingerprint density at radius 3 is 2.68 bits per heavy atom. The van der Waals surface area contributed by atoms with Gasteiger partial charge in [-0.05, 0) is 56.7 Å². The second-order valence-corrected chi connectivity index (χ2v) is 9.49. The lowest BCUT2D eigenvalue weighted by molar-refractivity contribution is -0.134. The average molecular weight is 356 g/mol. The summed E-state index contributed by atoms with van der Waals surface area (Å²) in [6, 6.07) is 10.2. The van der Waals surface area contributed by atoms with E-state index in [1.165, 1.54) is 12.0 Å². The Labute approximate surface area is 156 Å². The van der Waals surface area contributed by atoms with E-state index in [0.29, 0.717) is 11.8 Å². The highest BCUT2D eigenvalue weighted by atomic mass is 32.2. The van der Waals surface area contributed by atoms with E-state index in [-0.39, 0.29) is 5.91 Å². The molecule has 3 heteroatoms. The molecule has 1 heterocycles. The quantitative estimate of drug-likeness (QED) is 0.681. The standard InChI is InChI=1S/C22H29NOS/c1-17-11-13-18(14-12-17)19-8-7-15-23(16-19)21(24)22(2,3)25-20-9-5-4-6-10-20/h4-6,9-11,13-14,17,19H,7-8,12,15-16H2,1-3H3. The zero-order chi connectivity index (χ0) is 17.9. The fourth-order valence-corrected chi connectivity index (χ4v) is 4.79. The zero-order valence-electron chi connectivity index (χ0n) is 15.6. The fraction of sp³-hybridized carbons (Fsp3) is 0.500. The van der Waals surface area contributed by atoms with Crippen LogP contribution < -0.4 is 0 Å². The Balaban J connectivity index is 1.66. The number of carbonyl (C=O) groups excluding carboxylic acids is 1. The number of nitrogens with zero attached hydrogens (tertiary/aromatic N) is 1. The van der Waals surface area contributed by atoms with Crippen LogP contribution in [0.3, 0.4) is 0 Å². The molecule has 25 heavy (non-hydrogen) atoms. The van der Waals surface area contributed by atoms with Crippen molar-refractivity contribution in [2.45, 2.75) is 49.7 Å². The molecular formula is C22H29NOS. The van der Waals surface area contributed by atoms with Crippen LogP contribution in [-0.2, 0) is 4.79 Å². The van der Waals surface area contributed by atoms with E-state index in [9.17, 15) is 4.79 Å². The van der Waals surface area contributed by atoms with Crippen molar-refractivity contribution < 1.29 is 4.79 Å². The second kappa shape index (κ2) is 7.82. The third-order valence-electron chi connectivity index (χ3n) is 5.15. The van der Waals surface area contributed by atoms with Crippen molar-refractivity contribution in [1.29, 1.82) is 0 Å². The highest BCUT2D eigenvalue weighted by Crippen LogP contribution is 2.36. The summed E-state index contributed by atoms with van der Waals surface area (Å²) >= 11 is 1.66. The summed E-state index contributed by atoms with van der Waals surface area (Å²) in [4.78, 5) is 16.4. The van der Waals surface area contributed by atoms with Gasteiger partial charge in [-0.1, -0.05) is 43.4 Å². The molecule has 1 aliphatic carbocycles. The average Bonchev–Trinajstić information content (AvgIpc) is 2.62. The van der Waals surface area contributed by atoms with Crippen LogP contribution in [0.4, 0.5) is 0 Å². The molecule has 1 aromatic carbocycles. The van der Waals surface area contributed by atoms with Crippen LogP contribution in [0.5, 0.6) is 0 Å². The third-order valence-corrected chi connectivity index (χ3v) is 6.35. The highest BCUT2D eigenvalue weighted by Gasteiger charge is 2.36. The maximum atomic E-state index is 13.2. The highest BCUT2D eigenvalue weighted by molar-refractivity contribution is 8.01. The van der Waals surface area contributed by atoms with Gasteiger partial charge in [-0.3, -0.25) is 4.79 Å². The molecule has 0 aromatic heterocycles. The number of piperidine rings is 1. The van der Waals surface area contributed by atoms with Crippen molar-refractivity contribution in [3.05, 3.63) is 54.1 Å². The van der Waals surface area contributed by atoms with Crippen molar-refractivity contribution in [2.75, 3.05) is 13.1 Å². The lowest BCUT2D eigenvalue weighted by Crippen LogP contribution is -2.48. The number of likely N-dealkylation sites (tertiary alicyclic amines) is 1. The van der Waals surface area contributed by atoms with Crippen LogP contribution in [0.15, 0.2) is 59.0 Å². The summed E-state index contributed by atoms with van der Waals surface area (Å²) in [6.45, 7) is 8.11. The summed E-state index contributed by atoms with van der Waals surface area (Å²) in [5.74, 6) is 1.41. The minimum atomic E-state index is -0.436. The number of benzene rings is 1. The van der Waals surface area contributed by atoms with Gasteiger partial charge in [0.15, 0.2) is 0 Å². The van der Waals surface area contributed by atoms with Crippen molar-refractivity contribution in [3.63, 3.8) is 0 Å². The van der Waals surface area contributed by atoms with Gasteiger partial charge < -0.3 is 4.90 Å². The van der Waals surface area contributed by atoms with Crippen LogP contribution in [0.2, 0.25) is 0 Å². The molecular weight excluding hydrogens is 326 g/mol. The van der Waals surface area contributed by atoms with Crippen LogP contribution in [0.25, 0.3) is 0 Å². The second-order valence-electron chi connectivity index (χ2n) is 7.79. The molecule has 0 radical (unpaired) electrons. The van der Waals surface area contributed by atoms with Crippen LogP contribution in [-0.4, -0.2) is 28.6 Å². The number of rotatable bonds is 4. The molecule has 1 aliphatic heterocycles. The largest absolute Gasteiger partial charge is 0.341 e. The molecule has 134 valence electrons. The van der Waals surface area contributed by atoms with E-state index in [0.717, 1.165) is 30.8 Å². The molecule has 2 atom stereocenters. The maximum absolute atomic E-state index is 13.2. The zero-order valence-corrected chi connectivity index (χ0v) is 16.4. The van der Waals surface area contributed by atoms with Crippen molar-refractivity contribution >= 4 is 17.7 Å². The number of hydrogen-bond acceptors (Lipinski definition) is 2. The first-order valence-electron chi connectivity index (χ1n) is 9.37. The van der Waals surface area contributed by atoms with Crippen LogP contribution in [0.1, 0.15) is 40.0 Å². The molecule has 0 bridgehead atoms. The van der Waals surface area contributed by atoms with Gasteiger partial charge in [0.05, 0.1) is 4.75 Å². The normalized spacial score (nSPS) is 24.1. The predicted molar refractivity (Wildman–Crippen MR) is 107 cm³/mol. The Bertz CT molecular complexity index is 662. The predicted octanol–water partition coefficient (Wildman–Crippen LogP) is 5.32. The van der Waals surface area contributed by atoms with E-state index >= 15 is 0 Å². The summed E-state index contributed by atoms with van der Waals surface area (Å²) in [7, 11) is 0. The summed E-state index contributed by atoms with van der Waals surface area (Å²) in [5.41, 5.74) is 1.43. The topological polar surface area (TPSA) is 20.3 Å². The summed E-state index contributed by atoms with van der Waals surface area (Å²) in [5, 5.41) is 0. The van der Waals surface area contributed by atoms with Gasteiger partial charge in [-0.2, -0.15) is 0 Å². The van der Waals surface area contributed by atoms with Crippen LogP contribution >= 0.6 is 11.8 Å². The van der Waals surface area contributed by atoms with Gasteiger partial charge in [0.2, 0.25) is 5.91 Å². The molecule has 0 N–H and O–H groups in total. The van der Waals surface area contributed by atoms with Gasteiger partial charge in [0.25, 0.3) is 0 Å². The maximum Gasteiger partial charge on any atom is 0.238 e. The first-order chi connectivity index (χ1) is 12.0. The molecule has 0 spiro atoms. The fourth-order valence-electron chi connectivity index (χ4n) is 3.69. The van der Waals surface area contributed by atoms with E-state index in [2.05, 4.69) is 56.0 Å². The number of amides is 1. The minimum Gasteiger partial charge on any atom is -0.341 e. The Morgan fingerprint density at radius 1 is 1.24 bits per heavy atom. The molecule has 2 aliphatic rings. The smallest absolute Gasteiger partial charge is 0.238 e. The summed E-state index contributed by atoms with van der Waals surface area (Å²) in [6.07, 6.45) is 10.4. The van der Waals surface area contributed by atoms with Gasteiger partial charge in [0, 0.05) is 23.9 Å². The minimum absolute atomic E-state index is 0.264. The van der Waals surface area contributed by atoms with Gasteiger partial charge >= 0.3 is 0 Å². The molecule has 2 unspecified atom stereocenters. The Morgan fingerprint density at radius 2 is 2.00 bits per heavy atom. The molecule has 1 amide bonds. The van der Waals surface area contributed by atoms with Crippen molar-refractivity contribution in [3.8, 4) is 0 Å². The first-order valence-corrected chi connectivity index (χ1v) is 10.2. The first kappa shape index (κ1) is 18.3. The monoisotopic (exact) mass is 355 g/mol. The molecule has 2 nitrogen and oxygen atoms in total. The van der Waals surface area contributed by atoms with E-state index in [4.69, 9.17) is 0 Å². The number of allylic oxidation sites excluding steroid dienone is 3. The van der Waals surface area contributed by atoms with E-state index < -0.39 is 4.75 Å². The Hall–Kier alpha value is -1.48. The SMILES string of the molecule is CC1C=CC(C2CCCN(C(=O)C(C)(C)Sc3ccccc3)C2)=CC1. The van der Waals surface area contributed by atoms with Gasteiger partial charge in [-0.25, -0.2) is 0 Å². The van der Waals surface area contributed by atoms with Crippen molar-refractivity contribution in [1.82, 2.24) is 4.90 Å².